The van der Waals surface area contributed by atoms with Crippen LogP contribution in [0.4, 0.5) is 5.69 Å². The van der Waals surface area contributed by atoms with Crippen LogP contribution in [0.25, 0.3) is 0 Å². The lowest BCUT2D eigenvalue weighted by atomic mass is 10.1. The Bertz CT molecular complexity index is 1060. The second-order valence-electron chi connectivity index (χ2n) is 7.37. The first-order valence-electron chi connectivity index (χ1n) is 9.67. The highest BCUT2D eigenvalue weighted by molar-refractivity contribution is 9.10. The average molecular weight is 483 g/mol. The summed E-state index contributed by atoms with van der Waals surface area (Å²) in [6.45, 7) is 9.09. The fraction of sp³-hybridized carbons (Fsp3) is 0.500. The topological polar surface area (TPSA) is 75.5 Å². The van der Waals surface area contributed by atoms with E-state index in [9.17, 15) is 13.2 Å². The quantitative estimate of drug-likeness (QED) is 0.633. The van der Waals surface area contributed by atoms with Crippen molar-refractivity contribution in [3.63, 3.8) is 0 Å². The second-order valence-corrected chi connectivity index (χ2v) is 10.3. The van der Waals surface area contributed by atoms with Gasteiger partial charge in [-0.05, 0) is 56.9 Å². The van der Waals surface area contributed by atoms with Crippen molar-refractivity contribution in [1.29, 1.82) is 0 Å². The normalized spacial score (nSPS) is 14.0. The first kappa shape index (κ1) is 22.0. The Kier molecular flexibility index (Phi) is 6.21. The summed E-state index contributed by atoms with van der Waals surface area (Å²) in [7, 11) is -2.18. The second kappa shape index (κ2) is 8.20. The molecular weight excluding hydrogens is 456 g/mol. The molecule has 158 valence electrons. The zero-order chi connectivity index (χ0) is 21.5. The first-order valence-corrected chi connectivity index (χ1v) is 11.9. The van der Waals surface area contributed by atoms with Crippen molar-refractivity contribution in [2.45, 2.75) is 52.0 Å². The molecule has 3 rings (SSSR count). The van der Waals surface area contributed by atoms with E-state index in [-0.39, 0.29) is 10.8 Å². The van der Waals surface area contributed by atoms with Gasteiger partial charge in [0.2, 0.25) is 15.9 Å². The molecule has 0 fully saturated rings. The lowest BCUT2D eigenvalue weighted by Gasteiger charge is -2.23. The van der Waals surface area contributed by atoms with Crippen LogP contribution in [0, 0.1) is 13.8 Å². The standard InChI is InChI=1S/C20H27BrN4O3S/c1-6-25-14(3)18(13(2)22-25)8-9-23(5)29(27,28)19-12-17(21)11-16-7-10-24(15(4)26)20(16)19/h11-12H,6-10H2,1-5H3. The van der Waals surface area contributed by atoms with Gasteiger partial charge < -0.3 is 4.90 Å². The Balaban J connectivity index is 1.92. The Labute approximate surface area is 180 Å². The third kappa shape index (κ3) is 4.00. The SMILES string of the molecule is CCn1nc(C)c(CCN(C)S(=O)(=O)c2cc(Br)cc3c2N(C(C)=O)CC3)c1C. The number of halogens is 1. The molecular formula is C20H27BrN4O3S. The van der Waals surface area contributed by atoms with Crippen LogP contribution in [-0.2, 0) is 34.2 Å². The number of aromatic nitrogens is 2. The highest BCUT2D eigenvalue weighted by Crippen LogP contribution is 2.38. The summed E-state index contributed by atoms with van der Waals surface area (Å²) in [6.07, 6.45) is 1.23. The van der Waals surface area contributed by atoms with Gasteiger partial charge in [0, 0.05) is 43.8 Å². The van der Waals surface area contributed by atoms with Gasteiger partial charge >= 0.3 is 0 Å². The average Bonchev–Trinajstić information content (AvgIpc) is 3.19. The number of hydrogen-bond acceptors (Lipinski definition) is 4. The van der Waals surface area contributed by atoms with Crippen LogP contribution in [0.5, 0.6) is 0 Å². The summed E-state index contributed by atoms with van der Waals surface area (Å²) in [4.78, 5) is 13.8. The van der Waals surface area contributed by atoms with Crippen molar-refractivity contribution < 1.29 is 13.2 Å². The molecule has 1 aromatic heterocycles. The summed E-state index contributed by atoms with van der Waals surface area (Å²) < 4.78 is 30.8. The van der Waals surface area contributed by atoms with Crippen LogP contribution in [0.15, 0.2) is 21.5 Å². The number of fused-ring (bicyclic) bond motifs is 1. The largest absolute Gasteiger partial charge is 0.311 e. The number of anilines is 1. The minimum absolute atomic E-state index is 0.150. The fourth-order valence-electron chi connectivity index (χ4n) is 3.94. The molecule has 0 radical (unpaired) electrons. The molecule has 9 heteroatoms. The van der Waals surface area contributed by atoms with Crippen LogP contribution in [0.1, 0.15) is 36.4 Å². The number of likely N-dealkylation sites (N-methyl/N-ethyl adjacent to an activating group) is 1. The number of aryl methyl sites for hydroxylation is 2. The molecule has 0 spiro atoms. The number of sulfonamides is 1. The third-order valence-electron chi connectivity index (χ3n) is 5.57. The summed E-state index contributed by atoms with van der Waals surface area (Å²) in [5, 5.41) is 4.51. The molecule has 7 nitrogen and oxygen atoms in total. The zero-order valence-corrected chi connectivity index (χ0v) is 19.9. The molecule has 2 aromatic rings. The van der Waals surface area contributed by atoms with Gasteiger partial charge in [0.15, 0.2) is 0 Å². The van der Waals surface area contributed by atoms with Gasteiger partial charge in [-0.3, -0.25) is 9.48 Å². The summed E-state index contributed by atoms with van der Waals surface area (Å²) in [5.41, 5.74) is 4.47. The number of amides is 1. The van der Waals surface area contributed by atoms with Gasteiger partial charge in [0.25, 0.3) is 0 Å². The number of rotatable bonds is 6. The molecule has 29 heavy (non-hydrogen) atoms. The maximum absolute atomic E-state index is 13.4. The predicted octanol–water partition coefficient (Wildman–Crippen LogP) is 3.05. The van der Waals surface area contributed by atoms with Gasteiger partial charge in [-0.25, -0.2) is 12.7 Å². The van der Waals surface area contributed by atoms with Crippen molar-refractivity contribution in [3.05, 3.63) is 39.1 Å². The van der Waals surface area contributed by atoms with Crippen LogP contribution in [-0.4, -0.2) is 48.5 Å². The monoisotopic (exact) mass is 482 g/mol. The van der Waals surface area contributed by atoms with E-state index in [0.29, 0.717) is 36.1 Å². The molecule has 0 aliphatic carbocycles. The maximum Gasteiger partial charge on any atom is 0.244 e. The summed E-state index contributed by atoms with van der Waals surface area (Å²) >= 11 is 3.42. The molecule has 0 atom stereocenters. The van der Waals surface area contributed by atoms with Gasteiger partial charge in [-0.2, -0.15) is 5.10 Å². The number of nitrogens with zero attached hydrogens (tertiary/aromatic N) is 4. The number of carbonyl (C=O) groups is 1. The van der Waals surface area contributed by atoms with E-state index in [1.54, 1.807) is 18.0 Å². The first-order chi connectivity index (χ1) is 13.6. The van der Waals surface area contributed by atoms with Crippen molar-refractivity contribution >= 4 is 37.5 Å². The summed E-state index contributed by atoms with van der Waals surface area (Å²) in [5.74, 6) is -0.150. The van der Waals surface area contributed by atoms with Crippen molar-refractivity contribution in [1.82, 2.24) is 14.1 Å². The smallest absolute Gasteiger partial charge is 0.244 e. The van der Waals surface area contributed by atoms with E-state index in [2.05, 4.69) is 21.0 Å². The van der Waals surface area contributed by atoms with Gasteiger partial charge in [0.05, 0.1) is 11.4 Å². The zero-order valence-electron chi connectivity index (χ0n) is 17.5. The maximum atomic E-state index is 13.4. The third-order valence-corrected chi connectivity index (χ3v) is 7.90. The van der Waals surface area contributed by atoms with Crippen LogP contribution in [0.2, 0.25) is 0 Å². The number of hydrogen-bond donors (Lipinski definition) is 0. The lowest BCUT2D eigenvalue weighted by molar-refractivity contribution is -0.116. The van der Waals surface area contributed by atoms with E-state index in [4.69, 9.17) is 0 Å². The van der Waals surface area contributed by atoms with Crippen LogP contribution in [0.3, 0.4) is 0 Å². The van der Waals surface area contributed by atoms with Gasteiger partial charge in [0.1, 0.15) is 4.90 Å². The molecule has 1 amide bonds. The highest BCUT2D eigenvalue weighted by Gasteiger charge is 2.33. The Morgan fingerprint density at radius 2 is 2.00 bits per heavy atom. The molecule has 1 aliphatic rings. The number of carbonyl (C=O) groups excluding carboxylic acids is 1. The van der Waals surface area contributed by atoms with Crippen molar-refractivity contribution in [2.75, 3.05) is 25.0 Å². The van der Waals surface area contributed by atoms with Gasteiger partial charge in [-0.1, -0.05) is 15.9 Å². The molecule has 1 aliphatic heterocycles. The van der Waals surface area contributed by atoms with Crippen LogP contribution >= 0.6 is 15.9 Å². The van der Waals surface area contributed by atoms with E-state index in [0.717, 1.165) is 29.1 Å². The Hall–Kier alpha value is -1.71. The molecule has 0 saturated carbocycles. The molecule has 0 bridgehead atoms. The molecule has 0 N–H and O–H groups in total. The summed E-state index contributed by atoms with van der Waals surface area (Å²) in [6, 6.07) is 3.49. The minimum atomic E-state index is -3.77. The van der Waals surface area contributed by atoms with E-state index in [1.165, 1.54) is 11.2 Å². The highest BCUT2D eigenvalue weighted by atomic mass is 79.9. The molecule has 1 aromatic carbocycles. The van der Waals surface area contributed by atoms with Gasteiger partial charge in [-0.15, -0.1) is 0 Å². The predicted molar refractivity (Wildman–Crippen MR) is 117 cm³/mol. The molecule has 0 saturated heterocycles. The Morgan fingerprint density at radius 3 is 2.59 bits per heavy atom. The molecule has 0 unspecified atom stereocenters. The van der Waals surface area contributed by atoms with Crippen molar-refractivity contribution in [3.8, 4) is 0 Å². The van der Waals surface area contributed by atoms with Crippen molar-refractivity contribution in [2.24, 2.45) is 0 Å². The van der Waals surface area contributed by atoms with Crippen LogP contribution < -0.4 is 4.90 Å². The molecule has 2 heterocycles. The van der Waals surface area contributed by atoms with E-state index >= 15 is 0 Å². The van der Waals surface area contributed by atoms with E-state index in [1.807, 2.05) is 31.5 Å². The number of benzene rings is 1. The Morgan fingerprint density at radius 1 is 1.31 bits per heavy atom. The fourth-order valence-corrected chi connectivity index (χ4v) is 6.03. The lowest BCUT2D eigenvalue weighted by Crippen LogP contribution is -2.32. The minimum Gasteiger partial charge on any atom is -0.311 e. The van der Waals surface area contributed by atoms with E-state index < -0.39 is 10.0 Å².